The summed E-state index contributed by atoms with van der Waals surface area (Å²) in [5, 5.41) is 0.694. The van der Waals surface area contributed by atoms with Gasteiger partial charge in [-0.3, -0.25) is 0 Å². The normalized spacial score (nSPS) is 12.5. The number of hydrogen-bond acceptors (Lipinski definition) is 1. The van der Waals surface area contributed by atoms with Crippen LogP contribution in [0.5, 0.6) is 0 Å². The van der Waals surface area contributed by atoms with Crippen molar-refractivity contribution in [2.75, 3.05) is 11.4 Å². The maximum absolute atomic E-state index is 14.1. The van der Waals surface area contributed by atoms with Crippen molar-refractivity contribution in [2.24, 2.45) is 0 Å². The molecule has 0 saturated heterocycles. The van der Waals surface area contributed by atoms with Crippen molar-refractivity contribution < 1.29 is 4.39 Å². The van der Waals surface area contributed by atoms with Gasteiger partial charge in [-0.25, -0.2) is 4.39 Å². The average molecular weight is 316 g/mol. The van der Waals surface area contributed by atoms with Crippen LogP contribution < -0.4 is 4.90 Å². The number of hydrogen-bond donors (Lipinski definition) is 0. The lowest BCUT2D eigenvalue weighted by atomic mass is 10.1. The lowest BCUT2D eigenvalue weighted by Gasteiger charge is -2.32. The molecule has 18 heavy (non-hydrogen) atoms. The number of anilines is 1. The average Bonchev–Trinajstić information content (AvgIpc) is 2.39. The predicted molar refractivity (Wildman–Crippen MR) is 81.0 cm³/mol. The summed E-state index contributed by atoms with van der Waals surface area (Å²) < 4.78 is 14.1. The Balaban J connectivity index is 3.10. The fraction of sp³-hybridized carbons (Fsp3) is 0.600. The Morgan fingerprint density at radius 3 is 2.61 bits per heavy atom. The molecule has 102 valence electrons. The van der Waals surface area contributed by atoms with E-state index in [0.717, 1.165) is 37.1 Å². The molecule has 0 N–H and O–H groups in total. The zero-order chi connectivity index (χ0) is 13.5. The lowest BCUT2D eigenvalue weighted by molar-refractivity contribution is 0.563. The molecule has 1 unspecified atom stereocenters. The molecule has 0 aliphatic rings. The minimum atomic E-state index is -0.108. The van der Waals surface area contributed by atoms with Crippen LogP contribution in [-0.2, 0) is 5.33 Å². The van der Waals surface area contributed by atoms with Crippen LogP contribution >= 0.6 is 15.9 Å². The van der Waals surface area contributed by atoms with Crippen molar-refractivity contribution in [3.8, 4) is 0 Å². The molecule has 0 aromatic heterocycles. The maximum atomic E-state index is 14.1. The van der Waals surface area contributed by atoms with Gasteiger partial charge in [0, 0.05) is 17.9 Å². The van der Waals surface area contributed by atoms with E-state index in [4.69, 9.17) is 0 Å². The molecule has 0 bridgehead atoms. The number of para-hydroxylation sites is 1. The topological polar surface area (TPSA) is 3.24 Å². The zero-order valence-electron chi connectivity index (χ0n) is 11.5. The Morgan fingerprint density at radius 1 is 1.33 bits per heavy atom. The molecule has 0 heterocycles. The first kappa shape index (κ1) is 15.5. The molecule has 3 heteroatoms. The van der Waals surface area contributed by atoms with Gasteiger partial charge in [0.25, 0.3) is 0 Å². The first-order valence-electron chi connectivity index (χ1n) is 6.75. The predicted octanol–water partition coefficient (Wildman–Crippen LogP) is 5.13. The molecular weight excluding hydrogens is 293 g/mol. The van der Waals surface area contributed by atoms with Gasteiger partial charge in [-0.2, -0.15) is 0 Å². The van der Waals surface area contributed by atoms with E-state index in [-0.39, 0.29) is 5.82 Å². The molecule has 1 nitrogen and oxygen atoms in total. The molecule has 1 aromatic carbocycles. The third-order valence-corrected chi connectivity index (χ3v) is 3.98. The monoisotopic (exact) mass is 315 g/mol. The van der Waals surface area contributed by atoms with Crippen molar-refractivity contribution in [2.45, 2.75) is 51.4 Å². The Bertz CT molecular complexity index is 368. The van der Waals surface area contributed by atoms with Gasteiger partial charge in [-0.1, -0.05) is 48.3 Å². The first-order chi connectivity index (χ1) is 8.65. The summed E-state index contributed by atoms with van der Waals surface area (Å²) in [5.74, 6) is -0.108. The lowest BCUT2D eigenvalue weighted by Crippen LogP contribution is -2.35. The van der Waals surface area contributed by atoms with E-state index in [0.29, 0.717) is 11.4 Å². The molecule has 0 saturated carbocycles. The van der Waals surface area contributed by atoms with Crippen LogP contribution in [0.3, 0.4) is 0 Å². The summed E-state index contributed by atoms with van der Waals surface area (Å²) >= 11 is 3.46. The van der Waals surface area contributed by atoms with Gasteiger partial charge in [-0.05, 0) is 31.4 Å². The number of rotatable bonds is 7. The summed E-state index contributed by atoms with van der Waals surface area (Å²) in [6, 6.07) is 5.70. The van der Waals surface area contributed by atoms with Crippen molar-refractivity contribution in [1.29, 1.82) is 0 Å². The molecule has 1 atom stereocenters. The van der Waals surface area contributed by atoms with Crippen LogP contribution in [0.4, 0.5) is 10.1 Å². The van der Waals surface area contributed by atoms with Crippen LogP contribution in [-0.4, -0.2) is 12.6 Å². The van der Waals surface area contributed by atoms with Crippen molar-refractivity contribution in [3.63, 3.8) is 0 Å². The first-order valence-corrected chi connectivity index (χ1v) is 7.87. The molecule has 0 amide bonds. The summed E-state index contributed by atoms with van der Waals surface area (Å²) in [7, 11) is 0. The van der Waals surface area contributed by atoms with Crippen LogP contribution in [0.2, 0.25) is 0 Å². The Labute approximate surface area is 119 Å². The smallest absolute Gasteiger partial charge is 0.146 e. The fourth-order valence-corrected chi connectivity index (χ4v) is 2.54. The van der Waals surface area contributed by atoms with Crippen molar-refractivity contribution in [3.05, 3.63) is 29.6 Å². The second-order valence-electron chi connectivity index (χ2n) is 4.69. The molecule has 0 fully saturated rings. The highest BCUT2D eigenvalue weighted by Crippen LogP contribution is 2.29. The quantitative estimate of drug-likeness (QED) is 0.631. The molecule has 0 aliphatic heterocycles. The van der Waals surface area contributed by atoms with Crippen LogP contribution in [0.15, 0.2) is 18.2 Å². The number of nitrogens with zero attached hydrogens (tertiary/aromatic N) is 1. The van der Waals surface area contributed by atoms with Crippen LogP contribution in [0.1, 0.15) is 45.6 Å². The van der Waals surface area contributed by atoms with E-state index in [1.165, 1.54) is 0 Å². The maximum Gasteiger partial charge on any atom is 0.146 e. The minimum absolute atomic E-state index is 0.108. The summed E-state index contributed by atoms with van der Waals surface area (Å²) in [6.07, 6.45) is 3.26. The molecule has 1 aromatic rings. The standard InChI is InChI=1S/C15H23BrFN/c1-4-6-10-18(12(3)5-2)15-13(11-16)8-7-9-14(15)17/h7-9,12H,4-6,10-11H2,1-3H3. The third-order valence-electron chi connectivity index (χ3n) is 3.38. The van der Waals surface area contributed by atoms with Gasteiger partial charge in [0.2, 0.25) is 0 Å². The number of halogens is 2. The van der Waals surface area contributed by atoms with Gasteiger partial charge in [-0.15, -0.1) is 0 Å². The van der Waals surface area contributed by atoms with Crippen molar-refractivity contribution in [1.82, 2.24) is 0 Å². The minimum Gasteiger partial charge on any atom is -0.366 e. The van der Waals surface area contributed by atoms with Crippen LogP contribution in [0.25, 0.3) is 0 Å². The summed E-state index contributed by atoms with van der Waals surface area (Å²) in [4.78, 5) is 2.22. The molecule has 1 rings (SSSR count). The Kier molecular flexibility index (Phi) is 6.69. The Hall–Kier alpha value is -0.570. The van der Waals surface area contributed by atoms with Crippen molar-refractivity contribution >= 4 is 21.6 Å². The van der Waals surface area contributed by atoms with Gasteiger partial charge < -0.3 is 4.90 Å². The number of alkyl halides is 1. The summed E-state index contributed by atoms with van der Waals surface area (Å²) in [5.41, 5.74) is 1.81. The van der Waals surface area contributed by atoms with E-state index in [1.807, 2.05) is 6.07 Å². The third kappa shape index (κ3) is 3.71. The largest absolute Gasteiger partial charge is 0.366 e. The van der Waals surface area contributed by atoms with E-state index >= 15 is 0 Å². The second-order valence-corrected chi connectivity index (χ2v) is 5.25. The molecule has 0 aliphatic carbocycles. The molecular formula is C15H23BrFN. The highest BCUT2D eigenvalue weighted by molar-refractivity contribution is 9.08. The molecule has 0 radical (unpaired) electrons. The van der Waals surface area contributed by atoms with Gasteiger partial charge in [0.05, 0.1) is 5.69 Å². The van der Waals surface area contributed by atoms with Gasteiger partial charge in [0.1, 0.15) is 5.82 Å². The zero-order valence-corrected chi connectivity index (χ0v) is 13.1. The van der Waals surface area contributed by atoms with E-state index in [2.05, 4.69) is 41.6 Å². The van der Waals surface area contributed by atoms with E-state index in [1.54, 1.807) is 12.1 Å². The SMILES string of the molecule is CCCCN(c1c(F)cccc1CBr)C(C)CC. The van der Waals surface area contributed by atoms with E-state index < -0.39 is 0 Å². The highest BCUT2D eigenvalue weighted by atomic mass is 79.9. The van der Waals surface area contributed by atoms with Gasteiger partial charge in [0.15, 0.2) is 0 Å². The fourth-order valence-electron chi connectivity index (χ4n) is 2.09. The van der Waals surface area contributed by atoms with E-state index in [9.17, 15) is 4.39 Å². The highest BCUT2D eigenvalue weighted by Gasteiger charge is 2.19. The number of benzene rings is 1. The van der Waals surface area contributed by atoms with Gasteiger partial charge >= 0.3 is 0 Å². The summed E-state index contributed by atoms with van der Waals surface area (Å²) in [6.45, 7) is 7.41. The molecule has 0 spiro atoms. The second kappa shape index (κ2) is 7.78. The number of unbranched alkanes of at least 4 members (excludes halogenated alkanes) is 1. The Morgan fingerprint density at radius 2 is 2.06 bits per heavy atom. The van der Waals surface area contributed by atoms with Crippen LogP contribution in [0, 0.1) is 5.82 Å².